The summed E-state index contributed by atoms with van der Waals surface area (Å²) in [7, 11) is 0. The van der Waals surface area contributed by atoms with E-state index < -0.39 is 5.54 Å². The topological polar surface area (TPSA) is 85.2 Å². The van der Waals surface area contributed by atoms with Crippen molar-refractivity contribution in [2.75, 3.05) is 5.32 Å². The molecule has 0 saturated carbocycles. The van der Waals surface area contributed by atoms with E-state index in [0.29, 0.717) is 30.6 Å². The quantitative estimate of drug-likeness (QED) is 0.264. The van der Waals surface area contributed by atoms with Gasteiger partial charge in [0, 0.05) is 6.42 Å². The smallest absolute Gasteiger partial charge is 0.311 e. The Morgan fingerprint density at radius 1 is 1.08 bits per heavy atom. The summed E-state index contributed by atoms with van der Waals surface area (Å²) in [6.45, 7) is 10.4. The largest absolute Gasteiger partial charge is 0.427 e. The number of aromatic nitrogens is 2. The van der Waals surface area contributed by atoms with Crippen molar-refractivity contribution in [3.63, 3.8) is 0 Å². The number of nitrogens with zero attached hydrogens (tertiary/aromatic N) is 2. The second kappa shape index (κ2) is 10.8. The average Bonchev–Trinajstić information content (AvgIpc) is 3.34. The summed E-state index contributed by atoms with van der Waals surface area (Å²) in [5.74, 6) is 0.844. The molecule has 7 nitrogen and oxygen atoms in total. The summed E-state index contributed by atoms with van der Waals surface area (Å²) < 4.78 is 7.34. The number of hydrogen-bond donors (Lipinski definition) is 2. The molecule has 1 aliphatic rings. The fourth-order valence-electron chi connectivity index (χ4n) is 5.22. The molecule has 3 aromatic rings. The normalized spacial score (nSPS) is 16.4. The van der Waals surface area contributed by atoms with Crippen LogP contribution in [0.3, 0.4) is 0 Å². The predicted octanol–water partition coefficient (Wildman–Crippen LogP) is 6.33. The monoisotopic (exact) mass is 502 g/mol. The molecule has 4 rings (SSSR count). The minimum Gasteiger partial charge on any atom is -0.427 e. The summed E-state index contributed by atoms with van der Waals surface area (Å²) in [6, 6.07) is 17.9. The van der Waals surface area contributed by atoms with Crippen LogP contribution in [-0.2, 0) is 15.9 Å². The first-order valence-electron chi connectivity index (χ1n) is 13.3. The molecule has 196 valence electrons. The van der Waals surface area contributed by atoms with E-state index in [1.165, 1.54) is 5.56 Å². The van der Waals surface area contributed by atoms with Crippen LogP contribution in [0.4, 0.5) is 5.82 Å². The van der Waals surface area contributed by atoms with Gasteiger partial charge in [-0.25, -0.2) is 4.68 Å². The van der Waals surface area contributed by atoms with Crippen LogP contribution in [0.25, 0.3) is 0 Å². The third-order valence-electron chi connectivity index (χ3n) is 7.46. The predicted molar refractivity (Wildman–Crippen MR) is 146 cm³/mol. The van der Waals surface area contributed by atoms with E-state index in [1.807, 2.05) is 41.9 Å². The Labute approximate surface area is 219 Å². The van der Waals surface area contributed by atoms with Crippen LogP contribution in [-0.4, -0.2) is 21.7 Å². The molecule has 1 unspecified atom stereocenters. The first kappa shape index (κ1) is 26.5. The molecule has 1 aromatic heterocycles. The Kier molecular flexibility index (Phi) is 7.71. The van der Waals surface area contributed by atoms with Crippen molar-refractivity contribution in [1.29, 1.82) is 0 Å². The van der Waals surface area contributed by atoms with Gasteiger partial charge in [-0.05, 0) is 62.8 Å². The van der Waals surface area contributed by atoms with E-state index in [0.717, 1.165) is 24.2 Å². The molecule has 0 radical (unpaired) electrons. The zero-order valence-electron chi connectivity index (χ0n) is 22.5. The Morgan fingerprint density at radius 2 is 1.76 bits per heavy atom. The molecule has 7 heteroatoms. The fraction of sp³-hybridized carbons (Fsp3) is 0.433. The first-order valence-corrected chi connectivity index (χ1v) is 13.3. The van der Waals surface area contributed by atoms with Crippen molar-refractivity contribution in [1.82, 2.24) is 15.1 Å². The molecule has 0 aliphatic carbocycles. The van der Waals surface area contributed by atoms with Gasteiger partial charge in [-0.3, -0.25) is 9.59 Å². The van der Waals surface area contributed by atoms with Crippen molar-refractivity contribution in [2.45, 2.75) is 83.8 Å². The molecule has 0 saturated heterocycles. The molecule has 1 atom stereocenters. The zero-order chi connectivity index (χ0) is 26.6. The molecular weight excluding hydrogens is 464 g/mol. The number of anilines is 1. The minimum atomic E-state index is -0.569. The molecule has 2 aromatic carbocycles. The lowest BCUT2D eigenvalue weighted by Crippen LogP contribution is -2.45. The number of ether oxygens (including phenoxy) is 1. The summed E-state index contributed by atoms with van der Waals surface area (Å²) >= 11 is 0. The van der Waals surface area contributed by atoms with Crippen molar-refractivity contribution < 1.29 is 14.3 Å². The number of esters is 1. The van der Waals surface area contributed by atoms with Gasteiger partial charge in [0.25, 0.3) is 5.91 Å². The van der Waals surface area contributed by atoms with Crippen LogP contribution >= 0.6 is 0 Å². The standard InChI is InChI=1S/C30H38N4O3/c1-6-12-26(35)37-23-17-15-22(16-18-23)30(7-2,8-3)33-28(36)24-20-31-34-27(24)32-25(19-29(34,4)5)21-13-10-9-11-14-21/h9-11,13-18,20,25,32H,6-8,12,19H2,1-5H3,(H,33,36). The summed E-state index contributed by atoms with van der Waals surface area (Å²) in [5, 5.41) is 11.5. The van der Waals surface area contributed by atoms with Crippen LogP contribution in [0, 0.1) is 0 Å². The number of carbonyl (C=O) groups excluding carboxylic acids is 2. The third-order valence-corrected chi connectivity index (χ3v) is 7.46. The van der Waals surface area contributed by atoms with Gasteiger partial charge in [0.1, 0.15) is 17.1 Å². The van der Waals surface area contributed by atoms with E-state index in [4.69, 9.17) is 4.74 Å². The van der Waals surface area contributed by atoms with Crippen molar-refractivity contribution in [3.8, 4) is 5.75 Å². The van der Waals surface area contributed by atoms with Crippen LogP contribution in [0.15, 0.2) is 60.8 Å². The lowest BCUT2D eigenvalue weighted by molar-refractivity contribution is -0.134. The Bertz CT molecular complexity index is 1230. The maximum absolute atomic E-state index is 13.7. The van der Waals surface area contributed by atoms with E-state index in [2.05, 4.69) is 55.6 Å². The molecule has 0 fully saturated rings. The summed E-state index contributed by atoms with van der Waals surface area (Å²) in [5.41, 5.74) is 1.87. The van der Waals surface area contributed by atoms with Gasteiger partial charge >= 0.3 is 5.97 Å². The Hall–Kier alpha value is -3.61. The number of nitrogens with one attached hydrogen (secondary N) is 2. The highest BCUT2D eigenvalue weighted by molar-refractivity contribution is 5.99. The number of hydrogen-bond acceptors (Lipinski definition) is 5. The summed E-state index contributed by atoms with van der Waals surface area (Å²) in [4.78, 5) is 25.6. The second-order valence-corrected chi connectivity index (χ2v) is 10.4. The highest BCUT2D eigenvalue weighted by Gasteiger charge is 2.38. The molecule has 37 heavy (non-hydrogen) atoms. The molecule has 1 amide bonds. The van der Waals surface area contributed by atoms with Gasteiger partial charge in [-0.1, -0.05) is 63.2 Å². The average molecular weight is 503 g/mol. The summed E-state index contributed by atoms with van der Waals surface area (Å²) in [6.07, 6.45) is 5.07. The molecule has 2 N–H and O–H groups in total. The van der Waals surface area contributed by atoms with Crippen LogP contribution in [0.2, 0.25) is 0 Å². The second-order valence-electron chi connectivity index (χ2n) is 10.4. The third kappa shape index (κ3) is 5.41. The van der Waals surface area contributed by atoms with E-state index in [9.17, 15) is 9.59 Å². The zero-order valence-corrected chi connectivity index (χ0v) is 22.5. The lowest BCUT2D eigenvalue weighted by atomic mass is 9.84. The first-order chi connectivity index (χ1) is 17.7. The Morgan fingerprint density at radius 3 is 2.38 bits per heavy atom. The van der Waals surface area contributed by atoms with Gasteiger partial charge in [0.2, 0.25) is 0 Å². The Balaban J connectivity index is 1.59. The number of carbonyl (C=O) groups is 2. The van der Waals surface area contributed by atoms with Crippen LogP contribution in [0.5, 0.6) is 5.75 Å². The number of amides is 1. The maximum atomic E-state index is 13.7. The van der Waals surface area contributed by atoms with Gasteiger partial charge in [-0.2, -0.15) is 5.10 Å². The molecular formula is C30H38N4O3. The minimum absolute atomic E-state index is 0.0806. The molecule has 1 aliphatic heterocycles. The lowest BCUT2D eigenvalue weighted by Gasteiger charge is -2.38. The number of benzene rings is 2. The highest BCUT2D eigenvalue weighted by Crippen LogP contribution is 2.40. The van der Waals surface area contributed by atoms with Gasteiger partial charge in [-0.15, -0.1) is 0 Å². The number of rotatable bonds is 9. The van der Waals surface area contributed by atoms with E-state index in [-0.39, 0.29) is 23.5 Å². The molecule has 0 spiro atoms. The van der Waals surface area contributed by atoms with Gasteiger partial charge in [0.15, 0.2) is 0 Å². The van der Waals surface area contributed by atoms with Crippen LogP contribution in [0.1, 0.15) is 94.2 Å². The van der Waals surface area contributed by atoms with Crippen molar-refractivity contribution in [3.05, 3.63) is 77.5 Å². The maximum Gasteiger partial charge on any atom is 0.311 e. The number of fused-ring (bicyclic) bond motifs is 1. The van der Waals surface area contributed by atoms with Gasteiger partial charge in [0.05, 0.1) is 23.3 Å². The van der Waals surface area contributed by atoms with E-state index >= 15 is 0 Å². The van der Waals surface area contributed by atoms with Gasteiger partial charge < -0.3 is 15.4 Å². The van der Waals surface area contributed by atoms with Crippen molar-refractivity contribution in [2.24, 2.45) is 0 Å². The molecule has 2 heterocycles. The van der Waals surface area contributed by atoms with E-state index in [1.54, 1.807) is 18.3 Å². The van der Waals surface area contributed by atoms with Crippen molar-refractivity contribution >= 4 is 17.7 Å². The SMILES string of the molecule is CCCC(=O)Oc1ccc(C(CC)(CC)NC(=O)c2cnn3c2NC(c2ccccc2)CC3(C)C)cc1. The highest BCUT2D eigenvalue weighted by atomic mass is 16.5. The molecule has 0 bridgehead atoms. The fourth-order valence-corrected chi connectivity index (χ4v) is 5.22. The van der Waals surface area contributed by atoms with Crippen LogP contribution < -0.4 is 15.4 Å².